The lowest BCUT2D eigenvalue weighted by atomic mass is 9.79. The molecule has 0 amide bonds. The highest BCUT2D eigenvalue weighted by atomic mass is 16.6. The van der Waals surface area contributed by atoms with E-state index >= 15 is 0 Å². The van der Waals surface area contributed by atoms with Crippen molar-refractivity contribution in [1.82, 2.24) is 0 Å². The Morgan fingerprint density at radius 3 is 2.24 bits per heavy atom. The number of aliphatic carboxylic acids is 1. The third-order valence-corrected chi connectivity index (χ3v) is 3.91. The summed E-state index contributed by atoms with van der Waals surface area (Å²) in [6.45, 7) is 0. The van der Waals surface area contributed by atoms with Crippen LogP contribution < -0.4 is 0 Å². The molecule has 1 aliphatic rings. The van der Waals surface area contributed by atoms with Crippen LogP contribution in [0.2, 0.25) is 0 Å². The Morgan fingerprint density at radius 1 is 1.12 bits per heavy atom. The molecule has 0 radical (unpaired) electrons. The van der Waals surface area contributed by atoms with Gasteiger partial charge in [0.2, 0.25) is 0 Å². The average Bonchev–Trinajstić information content (AvgIpc) is 2.52. The highest BCUT2D eigenvalue weighted by Crippen LogP contribution is 2.31. The zero-order chi connectivity index (χ0) is 18.8. The molecular formula is C16H18O9. The summed E-state index contributed by atoms with van der Waals surface area (Å²) in [5.41, 5.74) is -1.90. The van der Waals surface area contributed by atoms with E-state index in [1.165, 1.54) is 24.3 Å². The van der Waals surface area contributed by atoms with E-state index in [9.17, 15) is 35.1 Å². The smallest absolute Gasteiger partial charge is 0.335 e. The van der Waals surface area contributed by atoms with Crippen molar-refractivity contribution >= 4 is 18.0 Å². The molecule has 1 aliphatic carbocycles. The number of aromatic hydroxyl groups is 2. The number of benzene rings is 1. The second-order valence-electron chi connectivity index (χ2n) is 5.86. The molecule has 0 saturated heterocycles. The van der Waals surface area contributed by atoms with E-state index in [1.54, 1.807) is 0 Å². The molecule has 4 atom stereocenters. The topological polar surface area (TPSA) is 165 Å². The van der Waals surface area contributed by atoms with Gasteiger partial charge in [-0.15, -0.1) is 0 Å². The minimum absolute atomic E-state index is 0.320. The maximum absolute atomic E-state index is 11.8. The summed E-state index contributed by atoms with van der Waals surface area (Å²) in [6, 6.07) is 3.86. The number of rotatable bonds is 4. The number of esters is 1. The molecule has 0 bridgehead atoms. The van der Waals surface area contributed by atoms with Crippen LogP contribution in [0.3, 0.4) is 0 Å². The van der Waals surface area contributed by atoms with Crippen molar-refractivity contribution in [3.63, 3.8) is 0 Å². The van der Waals surface area contributed by atoms with E-state index in [0.717, 1.165) is 6.08 Å². The van der Waals surface area contributed by atoms with Crippen molar-refractivity contribution in [3.8, 4) is 11.5 Å². The van der Waals surface area contributed by atoms with Crippen LogP contribution >= 0.6 is 0 Å². The van der Waals surface area contributed by atoms with Crippen LogP contribution in [0.25, 0.3) is 6.08 Å². The maximum Gasteiger partial charge on any atom is 0.335 e. The molecule has 0 heterocycles. The fourth-order valence-electron chi connectivity index (χ4n) is 2.58. The van der Waals surface area contributed by atoms with Crippen LogP contribution in [0.15, 0.2) is 24.3 Å². The van der Waals surface area contributed by atoms with Gasteiger partial charge in [-0.2, -0.15) is 0 Å². The van der Waals surface area contributed by atoms with Gasteiger partial charge < -0.3 is 35.4 Å². The summed E-state index contributed by atoms with van der Waals surface area (Å²) in [4.78, 5) is 22.8. The number of hydrogen-bond donors (Lipinski definition) is 6. The maximum atomic E-state index is 11.8. The Bertz CT molecular complexity index is 685. The number of aliphatic hydroxyl groups is 3. The Morgan fingerprint density at radius 2 is 1.72 bits per heavy atom. The number of phenols is 2. The lowest BCUT2D eigenvalue weighted by Gasteiger charge is -2.39. The monoisotopic (exact) mass is 354 g/mol. The SMILES string of the molecule is O=C(/C=C/c1ccc(O)c(O)c1)O[C@H]1C(O)C[C@](O)(C(=O)O)C[C@H]1O. The molecule has 1 aromatic rings. The molecule has 1 fully saturated rings. The molecule has 0 aliphatic heterocycles. The Labute approximate surface area is 142 Å². The fraction of sp³-hybridized carbons (Fsp3) is 0.375. The van der Waals surface area contributed by atoms with Crippen LogP contribution in [0.5, 0.6) is 11.5 Å². The van der Waals surface area contributed by atoms with E-state index in [2.05, 4.69) is 0 Å². The lowest BCUT2D eigenvalue weighted by molar-refractivity contribution is -0.196. The highest BCUT2D eigenvalue weighted by Gasteiger charge is 2.50. The van der Waals surface area contributed by atoms with Gasteiger partial charge in [0.05, 0.1) is 12.2 Å². The van der Waals surface area contributed by atoms with E-state index in [4.69, 9.17) is 9.84 Å². The lowest BCUT2D eigenvalue weighted by Crippen LogP contribution is -2.57. The Hall–Kier alpha value is -2.62. The number of ether oxygens (including phenoxy) is 1. The first-order valence-corrected chi connectivity index (χ1v) is 7.35. The zero-order valence-electron chi connectivity index (χ0n) is 12.9. The van der Waals surface area contributed by atoms with E-state index in [-0.39, 0.29) is 11.5 Å². The van der Waals surface area contributed by atoms with Crippen molar-refractivity contribution in [3.05, 3.63) is 29.8 Å². The van der Waals surface area contributed by atoms with Crippen molar-refractivity contribution in [2.75, 3.05) is 0 Å². The minimum Gasteiger partial charge on any atom is -0.504 e. The van der Waals surface area contributed by atoms with Gasteiger partial charge in [-0.3, -0.25) is 0 Å². The van der Waals surface area contributed by atoms with Gasteiger partial charge in [0.25, 0.3) is 0 Å². The number of carboxylic acid groups (broad SMARTS) is 1. The summed E-state index contributed by atoms with van der Waals surface area (Å²) >= 11 is 0. The summed E-state index contributed by atoms with van der Waals surface area (Å²) in [7, 11) is 0. The van der Waals surface area contributed by atoms with Gasteiger partial charge >= 0.3 is 11.9 Å². The van der Waals surface area contributed by atoms with Crippen LogP contribution in [0, 0.1) is 0 Å². The van der Waals surface area contributed by atoms with Crippen LogP contribution in [0.1, 0.15) is 18.4 Å². The first-order valence-electron chi connectivity index (χ1n) is 7.35. The first-order chi connectivity index (χ1) is 11.6. The summed E-state index contributed by atoms with van der Waals surface area (Å²) < 4.78 is 4.92. The molecule has 136 valence electrons. The zero-order valence-corrected chi connectivity index (χ0v) is 12.9. The minimum atomic E-state index is -2.29. The molecule has 1 aromatic carbocycles. The first kappa shape index (κ1) is 18.7. The van der Waals surface area contributed by atoms with Gasteiger partial charge in [0.1, 0.15) is 0 Å². The molecule has 0 spiro atoms. The second-order valence-corrected chi connectivity index (χ2v) is 5.86. The predicted octanol–water partition coefficient (Wildman–Crippen LogP) is -0.646. The van der Waals surface area contributed by atoms with E-state index < -0.39 is 48.7 Å². The predicted molar refractivity (Wildman–Crippen MR) is 82.5 cm³/mol. The standard InChI is InChI=1S/C16H18O9/c17-9-3-1-8(5-10(9)18)2-4-13(21)25-14-11(19)6-16(24,15(22)23)7-12(14)20/h1-5,11-12,14,17-20,24H,6-7H2,(H,22,23)/b4-2+/t11-,12?,14-,16+/m1/s1. The number of aliphatic hydroxyl groups excluding tert-OH is 2. The molecule has 2 rings (SSSR count). The third kappa shape index (κ3) is 4.27. The summed E-state index contributed by atoms with van der Waals surface area (Å²) in [5, 5.41) is 57.1. The summed E-state index contributed by atoms with van der Waals surface area (Å²) in [6.07, 6.45) is -3.43. The molecular weight excluding hydrogens is 336 g/mol. The van der Waals surface area contributed by atoms with E-state index in [1.807, 2.05) is 0 Å². The van der Waals surface area contributed by atoms with Gasteiger partial charge in [0.15, 0.2) is 23.2 Å². The number of phenolic OH excluding ortho intramolecular Hbond substituents is 2. The number of carbonyl (C=O) groups excluding carboxylic acids is 1. The molecule has 0 aromatic heterocycles. The molecule has 9 heteroatoms. The number of carboxylic acids is 1. The van der Waals surface area contributed by atoms with Gasteiger partial charge in [-0.25, -0.2) is 9.59 Å². The molecule has 1 saturated carbocycles. The summed E-state index contributed by atoms with van der Waals surface area (Å²) in [5.74, 6) is -3.19. The Kier molecular flexibility index (Phi) is 5.31. The Balaban J connectivity index is 2.01. The van der Waals surface area contributed by atoms with Crippen molar-refractivity contribution in [2.45, 2.75) is 36.8 Å². The van der Waals surface area contributed by atoms with Gasteiger partial charge in [0, 0.05) is 18.9 Å². The fourth-order valence-corrected chi connectivity index (χ4v) is 2.58. The van der Waals surface area contributed by atoms with Crippen molar-refractivity contribution in [1.29, 1.82) is 0 Å². The van der Waals surface area contributed by atoms with Crippen molar-refractivity contribution < 1.29 is 45.0 Å². The van der Waals surface area contributed by atoms with Crippen molar-refractivity contribution in [2.24, 2.45) is 0 Å². The molecule has 6 N–H and O–H groups in total. The number of carbonyl (C=O) groups is 2. The highest BCUT2D eigenvalue weighted by molar-refractivity contribution is 5.87. The molecule has 25 heavy (non-hydrogen) atoms. The molecule has 9 nitrogen and oxygen atoms in total. The third-order valence-electron chi connectivity index (χ3n) is 3.91. The average molecular weight is 354 g/mol. The van der Waals surface area contributed by atoms with Crippen LogP contribution in [0.4, 0.5) is 0 Å². The second kappa shape index (κ2) is 7.09. The quantitative estimate of drug-likeness (QED) is 0.234. The largest absolute Gasteiger partial charge is 0.504 e. The number of hydrogen-bond acceptors (Lipinski definition) is 8. The van der Waals surface area contributed by atoms with E-state index in [0.29, 0.717) is 5.56 Å². The normalized spacial score (nSPS) is 29.5. The molecule has 1 unspecified atom stereocenters. The van der Waals surface area contributed by atoms with Gasteiger partial charge in [-0.1, -0.05) is 6.07 Å². The van der Waals surface area contributed by atoms with Crippen LogP contribution in [-0.4, -0.2) is 66.5 Å². The van der Waals surface area contributed by atoms with Gasteiger partial charge in [-0.05, 0) is 23.8 Å². The van der Waals surface area contributed by atoms with Crippen LogP contribution in [-0.2, 0) is 14.3 Å².